The molecule has 0 saturated heterocycles. The standard InChI is InChI=1S/C36H55N5O5/c1-7-27(24(2)3)20-32(42)29(18-25-14-10-8-11-15-25)39-34(44)31(21-28-22-37-23-38-28)40-33(43)30(19-26-16-12-9-13-17-26)41-35(45)46-36(4,5)6/h7,9,12-13,16-17,22-25,27,29-32,42H,1,8,10-11,14-15,18-21H2,2-6H3,(H,37,38)(H,39,44)(H,40,43)(H,41,45)/t27-,29-,30-,31-,32-/m0/s1. The number of nitrogens with one attached hydrogen (secondary N) is 4. The number of amides is 3. The zero-order valence-electron chi connectivity index (χ0n) is 28.3. The number of rotatable bonds is 16. The number of nitrogens with zero attached hydrogens (tertiary/aromatic N) is 1. The van der Waals surface area contributed by atoms with E-state index in [1.54, 1.807) is 27.0 Å². The summed E-state index contributed by atoms with van der Waals surface area (Å²) in [6.07, 6.45) is 10.6. The van der Waals surface area contributed by atoms with Gasteiger partial charge in [-0.2, -0.15) is 0 Å². The summed E-state index contributed by atoms with van der Waals surface area (Å²) >= 11 is 0. The molecule has 1 fully saturated rings. The van der Waals surface area contributed by atoms with Crippen LogP contribution in [0.3, 0.4) is 0 Å². The van der Waals surface area contributed by atoms with Gasteiger partial charge >= 0.3 is 6.09 Å². The molecule has 1 aromatic heterocycles. The van der Waals surface area contributed by atoms with Gasteiger partial charge in [0.05, 0.1) is 18.5 Å². The fourth-order valence-corrected chi connectivity index (χ4v) is 6.07. The van der Waals surface area contributed by atoms with Crippen LogP contribution in [0.2, 0.25) is 0 Å². The molecule has 1 aromatic carbocycles. The molecule has 2 aromatic rings. The Bertz CT molecular complexity index is 1220. The van der Waals surface area contributed by atoms with Crippen molar-refractivity contribution in [2.75, 3.05) is 0 Å². The van der Waals surface area contributed by atoms with Crippen LogP contribution in [0.25, 0.3) is 0 Å². The van der Waals surface area contributed by atoms with Gasteiger partial charge in [-0.25, -0.2) is 9.78 Å². The van der Waals surface area contributed by atoms with E-state index >= 15 is 0 Å². The fourth-order valence-electron chi connectivity index (χ4n) is 6.07. The van der Waals surface area contributed by atoms with Gasteiger partial charge in [0.15, 0.2) is 0 Å². The summed E-state index contributed by atoms with van der Waals surface area (Å²) in [7, 11) is 0. The quantitative estimate of drug-likeness (QED) is 0.159. The van der Waals surface area contributed by atoms with E-state index in [4.69, 9.17) is 4.74 Å². The molecule has 46 heavy (non-hydrogen) atoms. The summed E-state index contributed by atoms with van der Waals surface area (Å²) in [4.78, 5) is 47.7. The number of alkyl carbamates (subject to hydrolysis) is 1. The molecule has 0 unspecified atom stereocenters. The molecule has 3 rings (SSSR count). The van der Waals surface area contributed by atoms with Crippen LogP contribution in [0, 0.1) is 17.8 Å². The molecule has 1 saturated carbocycles. The summed E-state index contributed by atoms with van der Waals surface area (Å²) in [6.45, 7) is 13.4. The Labute approximate surface area is 274 Å². The van der Waals surface area contributed by atoms with Crippen molar-refractivity contribution in [2.45, 2.75) is 122 Å². The Morgan fingerprint density at radius 3 is 2.26 bits per heavy atom. The van der Waals surface area contributed by atoms with Gasteiger partial charge in [0, 0.05) is 24.7 Å². The number of allylic oxidation sites excluding steroid dienone is 1. The van der Waals surface area contributed by atoms with Gasteiger partial charge in [-0.1, -0.05) is 82.4 Å². The third-order valence-corrected chi connectivity index (χ3v) is 8.68. The third kappa shape index (κ3) is 12.6. The lowest BCUT2D eigenvalue weighted by Gasteiger charge is -2.33. The van der Waals surface area contributed by atoms with Gasteiger partial charge in [0.25, 0.3) is 0 Å². The number of aromatic nitrogens is 2. The number of benzene rings is 1. The Morgan fingerprint density at radius 2 is 1.67 bits per heavy atom. The third-order valence-electron chi connectivity index (χ3n) is 8.68. The number of aliphatic hydroxyl groups excluding tert-OH is 1. The van der Waals surface area contributed by atoms with E-state index in [0.29, 0.717) is 30.4 Å². The summed E-state index contributed by atoms with van der Waals surface area (Å²) in [5.41, 5.74) is 0.747. The van der Waals surface area contributed by atoms with Crippen molar-refractivity contribution in [3.63, 3.8) is 0 Å². The molecule has 254 valence electrons. The highest BCUT2D eigenvalue weighted by Crippen LogP contribution is 2.30. The average molecular weight is 638 g/mol. The van der Waals surface area contributed by atoms with Crippen molar-refractivity contribution in [2.24, 2.45) is 17.8 Å². The number of carbonyl (C=O) groups excluding carboxylic acids is 3. The highest BCUT2D eigenvalue weighted by molar-refractivity contribution is 5.91. The molecule has 1 aliphatic carbocycles. The highest BCUT2D eigenvalue weighted by atomic mass is 16.6. The van der Waals surface area contributed by atoms with Crippen molar-refractivity contribution in [1.29, 1.82) is 0 Å². The summed E-state index contributed by atoms with van der Waals surface area (Å²) in [5, 5.41) is 20.2. The molecule has 10 heteroatoms. The molecule has 0 aliphatic heterocycles. The minimum absolute atomic E-state index is 0.0962. The molecule has 3 amide bonds. The van der Waals surface area contributed by atoms with Gasteiger partial charge in [-0.15, -0.1) is 6.58 Å². The van der Waals surface area contributed by atoms with Crippen LogP contribution in [0.5, 0.6) is 0 Å². The van der Waals surface area contributed by atoms with Crippen molar-refractivity contribution in [3.8, 4) is 0 Å². The van der Waals surface area contributed by atoms with Gasteiger partial charge in [-0.3, -0.25) is 9.59 Å². The number of aromatic amines is 1. The lowest BCUT2D eigenvalue weighted by molar-refractivity contribution is -0.131. The molecule has 5 atom stereocenters. The maximum atomic E-state index is 14.0. The Hall–Kier alpha value is -3.66. The minimum Gasteiger partial charge on any atom is -0.444 e. The smallest absolute Gasteiger partial charge is 0.408 e. The Morgan fingerprint density at radius 1 is 1.02 bits per heavy atom. The van der Waals surface area contributed by atoms with E-state index in [2.05, 4.69) is 46.3 Å². The van der Waals surface area contributed by atoms with Crippen molar-refractivity contribution in [1.82, 2.24) is 25.9 Å². The molecule has 1 heterocycles. The molecule has 0 bridgehead atoms. The highest BCUT2D eigenvalue weighted by Gasteiger charge is 2.33. The summed E-state index contributed by atoms with van der Waals surface area (Å²) < 4.78 is 5.45. The average Bonchev–Trinajstić information content (AvgIpc) is 3.52. The van der Waals surface area contributed by atoms with Crippen LogP contribution >= 0.6 is 0 Å². The number of aliphatic hydroxyl groups is 1. The molecule has 1 aliphatic rings. The maximum absolute atomic E-state index is 14.0. The normalized spacial score (nSPS) is 17.3. The van der Waals surface area contributed by atoms with Gasteiger partial charge in [0.2, 0.25) is 11.8 Å². The number of hydrogen-bond donors (Lipinski definition) is 5. The van der Waals surface area contributed by atoms with E-state index < -0.39 is 47.7 Å². The van der Waals surface area contributed by atoms with E-state index in [0.717, 1.165) is 31.2 Å². The topological polar surface area (TPSA) is 145 Å². The van der Waals surface area contributed by atoms with Gasteiger partial charge < -0.3 is 30.8 Å². The number of ether oxygens (including phenoxy) is 1. The molecular weight excluding hydrogens is 582 g/mol. The predicted molar refractivity (Wildman–Crippen MR) is 180 cm³/mol. The molecule has 0 radical (unpaired) electrons. The second-order valence-corrected chi connectivity index (χ2v) is 14.0. The molecular formula is C36H55N5O5. The zero-order valence-corrected chi connectivity index (χ0v) is 28.3. The molecule has 5 N–H and O–H groups in total. The first-order chi connectivity index (χ1) is 21.8. The Balaban J connectivity index is 1.84. The first-order valence-corrected chi connectivity index (χ1v) is 16.8. The number of carbonyl (C=O) groups is 3. The zero-order chi connectivity index (χ0) is 33.7. The second kappa shape index (κ2) is 17.9. The summed E-state index contributed by atoms with van der Waals surface area (Å²) in [6, 6.07) is 6.86. The number of hydrogen-bond acceptors (Lipinski definition) is 6. The fraction of sp³-hybridized carbons (Fsp3) is 0.611. The van der Waals surface area contributed by atoms with Crippen LogP contribution in [0.15, 0.2) is 55.5 Å². The van der Waals surface area contributed by atoms with Gasteiger partial charge in [0.1, 0.15) is 17.7 Å². The van der Waals surface area contributed by atoms with Crippen LogP contribution in [0.4, 0.5) is 4.79 Å². The molecule has 10 nitrogen and oxygen atoms in total. The van der Waals surface area contributed by atoms with Crippen molar-refractivity contribution in [3.05, 3.63) is 66.8 Å². The first-order valence-electron chi connectivity index (χ1n) is 16.8. The van der Waals surface area contributed by atoms with E-state index in [1.807, 2.05) is 36.4 Å². The maximum Gasteiger partial charge on any atom is 0.408 e. The molecule has 0 spiro atoms. The SMILES string of the molecule is C=C[C@@H](C[C@H](O)[C@H](CC1CCCCC1)NC(=O)[C@H](Cc1cnc[nH]1)NC(=O)[C@H](Cc1ccccc1)NC(=O)OC(C)(C)C)C(C)C. The van der Waals surface area contributed by atoms with Crippen molar-refractivity contribution < 1.29 is 24.2 Å². The lowest BCUT2D eigenvalue weighted by Crippen LogP contribution is -2.57. The number of imidazole rings is 1. The largest absolute Gasteiger partial charge is 0.444 e. The lowest BCUT2D eigenvalue weighted by atomic mass is 9.81. The van der Waals surface area contributed by atoms with E-state index in [-0.39, 0.29) is 18.8 Å². The second-order valence-electron chi connectivity index (χ2n) is 14.0. The van der Waals surface area contributed by atoms with Crippen molar-refractivity contribution >= 4 is 17.9 Å². The Kier molecular flexibility index (Phi) is 14.3. The summed E-state index contributed by atoms with van der Waals surface area (Å²) in [5.74, 6) is -0.129. The monoisotopic (exact) mass is 637 g/mol. The van der Waals surface area contributed by atoms with E-state index in [9.17, 15) is 19.5 Å². The van der Waals surface area contributed by atoms with Crippen LogP contribution in [0.1, 0.15) is 90.8 Å². The predicted octanol–water partition coefficient (Wildman–Crippen LogP) is 5.24. The van der Waals surface area contributed by atoms with Crippen LogP contribution in [-0.4, -0.2) is 62.8 Å². The van der Waals surface area contributed by atoms with E-state index in [1.165, 1.54) is 12.7 Å². The number of H-pyrrole nitrogens is 1. The minimum atomic E-state index is -1.00. The van der Waals surface area contributed by atoms with Crippen LogP contribution < -0.4 is 16.0 Å². The van der Waals surface area contributed by atoms with Gasteiger partial charge in [-0.05, 0) is 56.9 Å². The first kappa shape index (κ1) is 36.8. The van der Waals surface area contributed by atoms with Crippen LogP contribution in [-0.2, 0) is 27.2 Å².